The van der Waals surface area contributed by atoms with E-state index in [4.69, 9.17) is 33.0 Å². The number of halogens is 2. The molecule has 1 aromatic rings. The predicted molar refractivity (Wildman–Crippen MR) is 76.2 cm³/mol. The van der Waals surface area contributed by atoms with Gasteiger partial charge in [0.15, 0.2) is 0 Å². The van der Waals surface area contributed by atoms with Crippen LogP contribution in [0.5, 0.6) is 0 Å². The Labute approximate surface area is 126 Å². The average Bonchev–Trinajstić information content (AvgIpc) is 2.38. The van der Waals surface area contributed by atoms with Gasteiger partial charge in [-0.3, -0.25) is 9.59 Å². The summed E-state index contributed by atoms with van der Waals surface area (Å²) in [5.74, 6) is -1.28. The molecule has 1 atom stereocenters. The number of rotatable bonds is 7. The third kappa shape index (κ3) is 5.36. The second kappa shape index (κ2) is 8.09. The van der Waals surface area contributed by atoms with E-state index in [1.54, 1.807) is 18.2 Å². The number of hydrogen-bond acceptors (Lipinski definition) is 3. The standard InChI is InChI=1S/C13H15Cl2NO4/c1-20-8(5-13(18)19)7-16-12(17)6-9-10(14)3-2-4-11(9)15/h2-4,8H,5-7H2,1H3,(H,16,17)(H,18,19). The van der Waals surface area contributed by atoms with E-state index in [1.807, 2.05) is 0 Å². The van der Waals surface area contributed by atoms with E-state index in [-0.39, 0.29) is 25.3 Å². The zero-order chi connectivity index (χ0) is 15.1. The fraction of sp³-hybridized carbons (Fsp3) is 0.385. The first kappa shape index (κ1) is 16.8. The molecule has 0 fully saturated rings. The van der Waals surface area contributed by atoms with Gasteiger partial charge in [0.05, 0.1) is 18.9 Å². The molecule has 7 heteroatoms. The predicted octanol–water partition coefficient (Wildman–Crippen LogP) is 2.14. The van der Waals surface area contributed by atoms with Gasteiger partial charge in [0, 0.05) is 23.7 Å². The summed E-state index contributed by atoms with van der Waals surface area (Å²) >= 11 is 11.9. The summed E-state index contributed by atoms with van der Waals surface area (Å²) in [6.45, 7) is 0.115. The minimum absolute atomic E-state index is 0.0298. The van der Waals surface area contributed by atoms with Crippen molar-refractivity contribution in [1.29, 1.82) is 0 Å². The number of methoxy groups -OCH3 is 1. The molecule has 0 aliphatic rings. The normalized spacial score (nSPS) is 11.9. The molecule has 1 amide bonds. The lowest BCUT2D eigenvalue weighted by atomic mass is 10.1. The van der Waals surface area contributed by atoms with Crippen LogP contribution >= 0.6 is 23.2 Å². The second-order valence-electron chi connectivity index (χ2n) is 4.14. The molecule has 0 saturated carbocycles. The molecule has 110 valence electrons. The Kier molecular flexibility index (Phi) is 6.78. The van der Waals surface area contributed by atoms with Gasteiger partial charge in [-0.25, -0.2) is 0 Å². The minimum atomic E-state index is -0.986. The number of carboxylic acid groups (broad SMARTS) is 1. The molecule has 0 heterocycles. The number of amides is 1. The van der Waals surface area contributed by atoms with E-state index < -0.39 is 12.1 Å². The zero-order valence-electron chi connectivity index (χ0n) is 10.9. The molecule has 1 rings (SSSR count). The highest BCUT2D eigenvalue weighted by Gasteiger charge is 2.15. The Morgan fingerprint density at radius 2 is 1.95 bits per heavy atom. The number of carbonyl (C=O) groups is 2. The van der Waals surface area contributed by atoms with Crippen molar-refractivity contribution in [3.05, 3.63) is 33.8 Å². The summed E-state index contributed by atoms with van der Waals surface area (Å²) in [6, 6.07) is 5.00. The molecule has 1 unspecified atom stereocenters. The zero-order valence-corrected chi connectivity index (χ0v) is 12.4. The van der Waals surface area contributed by atoms with Crippen LogP contribution in [0.2, 0.25) is 10.0 Å². The molecule has 0 aliphatic carbocycles. The van der Waals surface area contributed by atoms with E-state index in [0.29, 0.717) is 15.6 Å². The summed E-state index contributed by atoms with van der Waals surface area (Å²) < 4.78 is 4.96. The highest BCUT2D eigenvalue weighted by molar-refractivity contribution is 6.36. The van der Waals surface area contributed by atoms with Crippen LogP contribution in [0.15, 0.2) is 18.2 Å². The smallest absolute Gasteiger partial charge is 0.306 e. The maximum absolute atomic E-state index is 11.8. The number of carboxylic acids is 1. The first-order chi connectivity index (χ1) is 9.43. The van der Waals surface area contributed by atoms with E-state index in [9.17, 15) is 9.59 Å². The molecular weight excluding hydrogens is 305 g/mol. The Morgan fingerprint density at radius 3 is 2.45 bits per heavy atom. The molecule has 0 radical (unpaired) electrons. The minimum Gasteiger partial charge on any atom is -0.481 e. The average molecular weight is 320 g/mol. The van der Waals surface area contributed by atoms with Crippen molar-refractivity contribution in [3.63, 3.8) is 0 Å². The van der Waals surface area contributed by atoms with Gasteiger partial charge in [0.1, 0.15) is 0 Å². The Hall–Kier alpha value is -1.30. The van der Waals surface area contributed by atoms with Gasteiger partial charge in [0.2, 0.25) is 5.91 Å². The number of carbonyl (C=O) groups excluding carboxylic acids is 1. The third-order valence-electron chi connectivity index (χ3n) is 2.66. The van der Waals surface area contributed by atoms with Gasteiger partial charge in [-0.15, -0.1) is 0 Å². The highest BCUT2D eigenvalue weighted by Crippen LogP contribution is 2.24. The lowest BCUT2D eigenvalue weighted by Crippen LogP contribution is -2.35. The van der Waals surface area contributed by atoms with Crippen LogP contribution in [-0.2, 0) is 20.7 Å². The number of nitrogens with one attached hydrogen (secondary N) is 1. The molecule has 2 N–H and O–H groups in total. The van der Waals surface area contributed by atoms with Crippen LogP contribution in [0.3, 0.4) is 0 Å². The van der Waals surface area contributed by atoms with Gasteiger partial charge in [-0.05, 0) is 17.7 Å². The summed E-state index contributed by atoms with van der Waals surface area (Å²) in [7, 11) is 1.39. The molecule has 0 aromatic heterocycles. The maximum Gasteiger partial charge on any atom is 0.306 e. The maximum atomic E-state index is 11.8. The molecule has 0 saturated heterocycles. The van der Waals surface area contributed by atoms with Gasteiger partial charge in [0.25, 0.3) is 0 Å². The van der Waals surface area contributed by atoms with Crippen LogP contribution in [0.25, 0.3) is 0 Å². The van der Waals surface area contributed by atoms with E-state index in [2.05, 4.69) is 5.32 Å². The van der Waals surface area contributed by atoms with Crippen molar-refractivity contribution in [3.8, 4) is 0 Å². The molecule has 0 aliphatic heterocycles. The van der Waals surface area contributed by atoms with Gasteiger partial charge in [-0.2, -0.15) is 0 Å². The van der Waals surface area contributed by atoms with Gasteiger partial charge in [-0.1, -0.05) is 29.3 Å². The van der Waals surface area contributed by atoms with Crippen LogP contribution in [0, 0.1) is 0 Å². The van der Waals surface area contributed by atoms with Crippen LogP contribution in [-0.4, -0.2) is 36.7 Å². The molecule has 0 bridgehead atoms. The summed E-state index contributed by atoms with van der Waals surface area (Å²) in [5.41, 5.74) is 0.542. The van der Waals surface area contributed by atoms with Gasteiger partial charge >= 0.3 is 5.97 Å². The lowest BCUT2D eigenvalue weighted by Gasteiger charge is -2.14. The van der Waals surface area contributed by atoms with Crippen molar-refractivity contribution >= 4 is 35.1 Å². The van der Waals surface area contributed by atoms with Crippen molar-refractivity contribution in [2.45, 2.75) is 18.9 Å². The first-order valence-electron chi connectivity index (χ1n) is 5.88. The summed E-state index contributed by atoms with van der Waals surface area (Å²) in [5, 5.41) is 12.1. The van der Waals surface area contributed by atoms with Crippen molar-refractivity contribution < 1.29 is 19.4 Å². The fourth-order valence-corrected chi connectivity index (χ4v) is 2.12. The van der Waals surface area contributed by atoms with Gasteiger partial charge < -0.3 is 15.2 Å². The van der Waals surface area contributed by atoms with E-state index in [1.165, 1.54) is 7.11 Å². The molecule has 5 nitrogen and oxygen atoms in total. The van der Waals surface area contributed by atoms with Crippen molar-refractivity contribution in [2.75, 3.05) is 13.7 Å². The molecule has 20 heavy (non-hydrogen) atoms. The first-order valence-corrected chi connectivity index (χ1v) is 6.63. The quantitative estimate of drug-likeness (QED) is 0.807. The number of hydrogen-bond donors (Lipinski definition) is 2. The van der Waals surface area contributed by atoms with Crippen LogP contribution in [0.4, 0.5) is 0 Å². The summed E-state index contributed by atoms with van der Waals surface area (Å²) in [6.07, 6.45) is -0.718. The Bertz CT molecular complexity index is 473. The topological polar surface area (TPSA) is 75.6 Å². The monoisotopic (exact) mass is 319 g/mol. The Balaban J connectivity index is 2.53. The SMILES string of the molecule is COC(CNC(=O)Cc1c(Cl)cccc1Cl)CC(=O)O. The van der Waals surface area contributed by atoms with Crippen LogP contribution < -0.4 is 5.32 Å². The number of benzene rings is 1. The lowest BCUT2D eigenvalue weighted by molar-refractivity contribution is -0.140. The van der Waals surface area contributed by atoms with E-state index in [0.717, 1.165) is 0 Å². The van der Waals surface area contributed by atoms with Crippen molar-refractivity contribution in [1.82, 2.24) is 5.32 Å². The Morgan fingerprint density at radius 1 is 1.35 bits per heavy atom. The largest absolute Gasteiger partial charge is 0.481 e. The third-order valence-corrected chi connectivity index (χ3v) is 3.37. The fourth-order valence-electron chi connectivity index (χ4n) is 1.59. The number of ether oxygens (including phenoxy) is 1. The number of aliphatic carboxylic acids is 1. The van der Waals surface area contributed by atoms with Crippen LogP contribution in [0.1, 0.15) is 12.0 Å². The molecule has 1 aromatic carbocycles. The second-order valence-corrected chi connectivity index (χ2v) is 4.95. The molecule has 0 spiro atoms. The van der Waals surface area contributed by atoms with Crippen molar-refractivity contribution in [2.24, 2.45) is 0 Å². The van der Waals surface area contributed by atoms with E-state index >= 15 is 0 Å². The molecular formula is C13H15Cl2NO4. The summed E-state index contributed by atoms with van der Waals surface area (Å²) in [4.78, 5) is 22.4. The highest BCUT2D eigenvalue weighted by atomic mass is 35.5.